The predicted molar refractivity (Wildman–Crippen MR) is 103 cm³/mol. The van der Waals surface area contributed by atoms with E-state index in [0.29, 0.717) is 41.1 Å². The lowest BCUT2D eigenvalue weighted by Gasteiger charge is -2.19. The number of amides is 1. The average molecular weight is 383 g/mol. The quantitative estimate of drug-likeness (QED) is 0.723. The largest absolute Gasteiger partial charge is 0.486 e. The van der Waals surface area contributed by atoms with Gasteiger partial charge in [-0.05, 0) is 42.0 Å². The Morgan fingerprint density at radius 1 is 0.963 bits per heavy atom. The minimum atomic E-state index is -0.504. The van der Waals surface area contributed by atoms with Crippen LogP contribution in [0.3, 0.4) is 0 Å². The topological polar surface area (TPSA) is 80.4 Å². The molecule has 6 nitrogen and oxygen atoms in total. The molecular weight excluding hydrogens is 368 g/mol. The van der Waals surface area contributed by atoms with Crippen molar-refractivity contribution in [2.75, 3.05) is 18.5 Å². The van der Waals surface area contributed by atoms with Crippen molar-refractivity contribution in [2.45, 2.75) is 0 Å². The number of carbonyl (C=O) groups is 1. The number of fused-ring (bicyclic) bond motifs is 1. The Hall–Kier alpha value is -3.25. The Morgan fingerprint density at radius 2 is 1.70 bits per heavy atom. The number of hydrogen-bond acceptors (Lipinski definition) is 4. The minimum Gasteiger partial charge on any atom is -0.486 e. The molecule has 1 aliphatic rings. The van der Waals surface area contributed by atoms with E-state index in [2.05, 4.69) is 10.3 Å². The molecule has 0 saturated carbocycles. The van der Waals surface area contributed by atoms with Crippen LogP contribution in [0, 0.1) is 0 Å². The van der Waals surface area contributed by atoms with E-state index in [1.54, 1.807) is 48.5 Å². The molecule has 0 aliphatic carbocycles. The second-order valence-corrected chi connectivity index (χ2v) is 6.37. The van der Waals surface area contributed by atoms with Crippen LogP contribution in [0.15, 0.2) is 59.4 Å². The number of anilines is 1. The zero-order chi connectivity index (χ0) is 18.8. The van der Waals surface area contributed by atoms with Gasteiger partial charge in [-0.25, -0.2) is 0 Å². The number of halogens is 1. The van der Waals surface area contributed by atoms with E-state index in [-0.39, 0.29) is 5.56 Å². The summed E-state index contributed by atoms with van der Waals surface area (Å²) >= 11 is 5.88. The highest BCUT2D eigenvalue weighted by molar-refractivity contribution is 6.30. The van der Waals surface area contributed by atoms with E-state index in [1.807, 2.05) is 0 Å². The van der Waals surface area contributed by atoms with E-state index >= 15 is 0 Å². The summed E-state index contributed by atoms with van der Waals surface area (Å²) in [6.07, 6.45) is 0. The predicted octanol–water partition coefficient (Wildman–Crippen LogP) is 3.72. The maximum absolute atomic E-state index is 12.5. The molecular formula is C20H15ClN2O4. The second-order valence-electron chi connectivity index (χ2n) is 5.93. The van der Waals surface area contributed by atoms with Gasteiger partial charge in [0.05, 0.1) is 0 Å². The molecule has 2 heterocycles. The van der Waals surface area contributed by atoms with Gasteiger partial charge in [0.2, 0.25) is 0 Å². The summed E-state index contributed by atoms with van der Waals surface area (Å²) in [4.78, 5) is 27.6. The van der Waals surface area contributed by atoms with Crippen molar-refractivity contribution in [1.82, 2.24) is 4.98 Å². The molecule has 27 heavy (non-hydrogen) atoms. The van der Waals surface area contributed by atoms with Crippen molar-refractivity contribution in [3.63, 3.8) is 0 Å². The summed E-state index contributed by atoms with van der Waals surface area (Å²) in [6.45, 7) is 0.949. The zero-order valence-electron chi connectivity index (χ0n) is 14.1. The third-order valence-corrected chi connectivity index (χ3v) is 4.36. The van der Waals surface area contributed by atoms with Crippen LogP contribution in [0.2, 0.25) is 5.02 Å². The molecule has 0 unspecified atom stereocenters. The summed E-state index contributed by atoms with van der Waals surface area (Å²) in [5.41, 5.74) is 1.47. The van der Waals surface area contributed by atoms with Crippen LogP contribution in [0.4, 0.5) is 5.69 Å². The van der Waals surface area contributed by atoms with Gasteiger partial charge in [-0.15, -0.1) is 0 Å². The monoisotopic (exact) mass is 382 g/mol. The van der Waals surface area contributed by atoms with Crippen LogP contribution in [0.25, 0.3) is 11.3 Å². The summed E-state index contributed by atoms with van der Waals surface area (Å²) in [5, 5.41) is 3.31. The molecule has 3 aromatic rings. The number of hydrogen-bond donors (Lipinski definition) is 2. The summed E-state index contributed by atoms with van der Waals surface area (Å²) in [5.74, 6) is 0.686. The Bertz CT molecular complexity index is 1060. The van der Waals surface area contributed by atoms with Gasteiger partial charge in [0.25, 0.3) is 11.5 Å². The van der Waals surface area contributed by atoms with E-state index in [4.69, 9.17) is 21.1 Å². The van der Waals surface area contributed by atoms with Crippen molar-refractivity contribution in [3.05, 3.63) is 75.5 Å². The van der Waals surface area contributed by atoms with Gasteiger partial charge in [0, 0.05) is 22.5 Å². The van der Waals surface area contributed by atoms with E-state index in [0.717, 1.165) is 5.56 Å². The molecule has 2 aromatic carbocycles. The molecule has 4 rings (SSSR count). The highest BCUT2D eigenvalue weighted by atomic mass is 35.5. The fourth-order valence-electron chi connectivity index (χ4n) is 2.77. The lowest BCUT2D eigenvalue weighted by atomic mass is 10.1. The molecule has 7 heteroatoms. The minimum absolute atomic E-state index is 0.0163. The van der Waals surface area contributed by atoms with Gasteiger partial charge in [-0.2, -0.15) is 0 Å². The van der Waals surface area contributed by atoms with Gasteiger partial charge < -0.3 is 19.8 Å². The highest BCUT2D eigenvalue weighted by Crippen LogP contribution is 2.32. The first kappa shape index (κ1) is 17.2. The first-order valence-electron chi connectivity index (χ1n) is 8.30. The molecule has 1 aliphatic heterocycles. The smallest absolute Gasteiger partial charge is 0.261 e. The van der Waals surface area contributed by atoms with Crippen molar-refractivity contribution >= 4 is 23.2 Å². The van der Waals surface area contributed by atoms with Crippen molar-refractivity contribution in [1.29, 1.82) is 0 Å². The maximum atomic E-state index is 12.5. The second kappa shape index (κ2) is 7.17. The molecule has 0 atom stereocenters. The Labute approximate surface area is 159 Å². The number of nitrogens with one attached hydrogen (secondary N) is 2. The van der Waals surface area contributed by atoms with Crippen LogP contribution >= 0.6 is 11.6 Å². The number of aromatic nitrogens is 1. The number of ether oxygens (including phenoxy) is 2. The van der Waals surface area contributed by atoms with Gasteiger partial charge >= 0.3 is 0 Å². The van der Waals surface area contributed by atoms with Crippen molar-refractivity contribution in [3.8, 4) is 22.8 Å². The highest BCUT2D eigenvalue weighted by Gasteiger charge is 2.15. The average Bonchev–Trinajstić information content (AvgIpc) is 2.68. The molecule has 2 N–H and O–H groups in total. The molecule has 0 radical (unpaired) electrons. The number of carbonyl (C=O) groups excluding carboxylic acids is 1. The van der Waals surface area contributed by atoms with E-state index in [1.165, 1.54) is 6.07 Å². The molecule has 0 fully saturated rings. The maximum Gasteiger partial charge on any atom is 0.261 e. The third-order valence-electron chi connectivity index (χ3n) is 4.11. The van der Waals surface area contributed by atoms with Gasteiger partial charge in [0.15, 0.2) is 11.5 Å². The van der Waals surface area contributed by atoms with E-state index in [9.17, 15) is 9.59 Å². The Balaban J connectivity index is 1.55. The first-order valence-corrected chi connectivity index (χ1v) is 8.68. The fourth-order valence-corrected chi connectivity index (χ4v) is 2.90. The number of aromatic amines is 1. The SMILES string of the molecule is O=C(Nc1ccc2c(c1)OCCO2)c1ccc(-c2ccc(Cl)cc2)[nH]c1=O. The van der Waals surface area contributed by atoms with Crippen LogP contribution in [-0.2, 0) is 0 Å². The van der Waals surface area contributed by atoms with Gasteiger partial charge in [-0.1, -0.05) is 23.7 Å². The lowest BCUT2D eigenvalue weighted by Crippen LogP contribution is -2.23. The number of pyridine rings is 1. The van der Waals surface area contributed by atoms with Crippen LogP contribution in [0.1, 0.15) is 10.4 Å². The van der Waals surface area contributed by atoms with E-state index < -0.39 is 11.5 Å². The molecule has 1 amide bonds. The van der Waals surface area contributed by atoms with Gasteiger partial charge in [-0.3, -0.25) is 9.59 Å². The third kappa shape index (κ3) is 3.66. The molecule has 1 aromatic heterocycles. The van der Waals surface area contributed by atoms with Crippen LogP contribution in [-0.4, -0.2) is 24.1 Å². The molecule has 0 bridgehead atoms. The molecule has 0 saturated heterocycles. The zero-order valence-corrected chi connectivity index (χ0v) is 14.9. The summed E-state index contributed by atoms with van der Waals surface area (Å²) < 4.78 is 10.9. The van der Waals surface area contributed by atoms with Crippen molar-refractivity contribution < 1.29 is 14.3 Å². The van der Waals surface area contributed by atoms with Gasteiger partial charge in [0.1, 0.15) is 18.8 Å². The molecule has 136 valence electrons. The lowest BCUT2D eigenvalue weighted by molar-refractivity contribution is 0.102. The van der Waals surface area contributed by atoms with Crippen LogP contribution in [0.5, 0.6) is 11.5 Å². The number of H-pyrrole nitrogens is 1. The standard InChI is InChI=1S/C20H15ClN2O4/c21-13-3-1-12(2-4-13)16-7-6-15(20(25)23-16)19(24)22-14-5-8-17-18(11-14)27-10-9-26-17/h1-8,11H,9-10H2,(H,22,24)(H,23,25). The first-order chi connectivity index (χ1) is 13.1. The van der Waals surface area contributed by atoms with Crippen LogP contribution < -0.4 is 20.3 Å². The van der Waals surface area contributed by atoms with Crippen molar-refractivity contribution in [2.24, 2.45) is 0 Å². The Kier molecular flexibility index (Phi) is 4.56. The Morgan fingerprint density at radius 3 is 2.44 bits per heavy atom. The summed E-state index contributed by atoms with van der Waals surface area (Å²) in [7, 11) is 0. The fraction of sp³-hybridized carbons (Fsp3) is 0.100. The number of benzene rings is 2. The summed E-state index contributed by atoms with van der Waals surface area (Å²) in [6, 6.07) is 15.3. The normalized spacial score (nSPS) is 12.5. The number of rotatable bonds is 3. The molecule has 0 spiro atoms.